The SMILES string of the molecule is Cc1ccc(S(=O)(=O)N(CC(=O)Nc2ccc3c(c2)OCCO3)c2ccccc2C)cc1. The number of nitrogens with one attached hydrogen (secondary N) is 1. The number of nitrogens with zero attached hydrogens (tertiary/aromatic N) is 1. The Kier molecular flexibility index (Phi) is 6.05. The Labute approximate surface area is 187 Å². The van der Waals surface area contributed by atoms with Crippen LogP contribution in [0.2, 0.25) is 0 Å². The van der Waals surface area contributed by atoms with Crippen LogP contribution >= 0.6 is 0 Å². The molecule has 1 aliphatic rings. The summed E-state index contributed by atoms with van der Waals surface area (Å²) >= 11 is 0. The van der Waals surface area contributed by atoms with Crippen molar-refractivity contribution in [3.63, 3.8) is 0 Å². The largest absolute Gasteiger partial charge is 0.486 e. The molecule has 1 amide bonds. The molecule has 0 saturated heterocycles. The van der Waals surface area contributed by atoms with Crippen LogP contribution in [0, 0.1) is 13.8 Å². The first-order valence-electron chi connectivity index (χ1n) is 10.2. The average Bonchev–Trinajstić information content (AvgIpc) is 2.78. The zero-order valence-corrected chi connectivity index (χ0v) is 18.7. The average molecular weight is 453 g/mol. The van der Waals surface area contributed by atoms with Crippen LogP contribution in [-0.2, 0) is 14.8 Å². The van der Waals surface area contributed by atoms with Gasteiger partial charge < -0.3 is 14.8 Å². The van der Waals surface area contributed by atoms with E-state index < -0.39 is 15.9 Å². The van der Waals surface area contributed by atoms with Crippen molar-refractivity contribution in [2.24, 2.45) is 0 Å². The van der Waals surface area contributed by atoms with Gasteiger partial charge in [-0.15, -0.1) is 0 Å². The Balaban J connectivity index is 1.63. The number of rotatable bonds is 6. The summed E-state index contributed by atoms with van der Waals surface area (Å²) in [6.45, 7) is 4.22. The van der Waals surface area contributed by atoms with Gasteiger partial charge in [0.1, 0.15) is 19.8 Å². The summed E-state index contributed by atoms with van der Waals surface area (Å²) in [4.78, 5) is 13.0. The molecule has 0 fully saturated rings. The number of amides is 1. The molecule has 0 bridgehead atoms. The number of ether oxygens (including phenoxy) is 2. The summed E-state index contributed by atoms with van der Waals surface area (Å²) in [7, 11) is -3.97. The van der Waals surface area contributed by atoms with E-state index in [4.69, 9.17) is 9.47 Å². The Hall–Kier alpha value is -3.52. The van der Waals surface area contributed by atoms with Gasteiger partial charge in [-0.2, -0.15) is 0 Å². The lowest BCUT2D eigenvalue weighted by Gasteiger charge is -2.26. The van der Waals surface area contributed by atoms with E-state index in [9.17, 15) is 13.2 Å². The van der Waals surface area contributed by atoms with Crippen LogP contribution in [0.3, 0.4) is 0 Å². The number of anilines is 2. The molecule has 0 spiro atoms. The van der Waals surface area contributed by atoms with Gasteiger partial charge in [0.2, 0.25) is 5.91 Å². The van der Waals surface area contributed by atoms with Gasteiger partial charge >= 0.3 is 0 Å². The summed E-state index contributed by atoms with van der Waals surface area (Å²) < 4.78 is 39.2. The summed E-state index contributed by atoms with van der Waals surface area (Å²) in [5.41, 5.74) is 2.64. The molecular formula is C24H24N2O5S. The summed E-state index contributed by atoms with van der Waals surface area (Å²) in [5.74, 6) is 0.676. The Bertz CT molecular complexity index is 1240. The van der Waals surface area contributed by atoms with Crippen molar-refractivity contribution in [3.05, 3.63) is 77.9 Å². The maximum absolute atomic E-state index is 13.5. The van der Waals surface area contributed by atoms with Crippen LogP contribution in [0.25, 0.3) is 0 Å². The molecule has 166 valence electrons. The molecule has 0 saturated carbocycles. The van der Waals surface area contributed by atoms with E-state index in [2.05, 4.69) is 5.32 Å². The van der Waals surface area contributed by atoms with E-state index in [1.165, 1.54) is 0 Å². The van der Waals surface area contributed by atoms with E-state index >= 15 is 0 Å². The second kappa shape index (κ2) is 8.92. The zero-order chi connectivity index (χ0) is 22.7. The molecule has 3 aromatic rings. The van der Waals surface area contributed by atoms with E-state index in [1.807, 2.05) is 26.0 Å². The van der Waals surface area contributed by atoms with Gasteiger partial charge in [0.25, 0.3) is 10.0 Å². The number of aryl methyl sites for hydroxylation is 2. The predicted octanol–water partition coefficient (Wildman–Crippen LogP) is 3.91. The van der Waals surface area contributed by atoms with Crippen LogP contribution in [0.4, 0.5) is 11.4 Å². The minimum atomic E-state index is -3.97. The first-order chi connectivity index (χ1) is 15.3. The third-order valence-electron chi connectivity index (χ3n) is 5.11. The van der Waals surface area contributed by atoms with Crippen LogP contribution in [0.5, 0.6) is 11.5 Å². The summed E-state index contributed by atoms with van der Waals surface area (Å²) in [6, 6.07) is 18.7. The topological polar surface area (TPSA) is 84.9 Å². The van der Waals surface area contributed by atoms with E-state index in [-0.39, 0.29) is 11.4 Å². The molecule has 1 heterocycles. The van der Waals surface area contributed by atoms with Crippen molar-refractivity contribution in [2.45, 2.75) is 18.7 Å². The molecule has 1 N–H and O–H groups in total. The van der Waals surface area contributed by atoms with Crippen LogP contribution < -0.4 is 19.1 Å². The summed E-state index contributed by atoms with van der Waals surface area (Å²) in [5, 5.41) is 2.76. The van der Waals surface area contributed by atoms with Gasteiger partial charge in [-0.1, -0.05) is 35.9 Å². The first kappa shape index (κ1) is 21.7. The van der Waals surface area contributed by atoms with Crippen molar-refractivity contribution in [3.8, 4) is 11.5 Å². The molecule has 3 aromatic carbocycles. The zero-order valence-electron chi connectivity index (χ0n) is 17.9. The van der Waals surface area contributed by atoms with Crippen LogP contribution in [0.1, 0.15) is 11.1 Å². The Morgan fingerprint density at radius 3 is 2.34 bits per heavy atom. The smallest absolute Gasteiger partial charge is 0.264 e. The lowest BCUT2D eigenvalue weighted by molar-refractivity contribution is -0.114. The normalized spacial score (nSPS) is 12.8. The number of benzene rings is 3. The molecule has 1 aliphatic heterocycles. The second-order valence-corrected chi connectivity index (χ2v) is 9.38. The molecule has 4 rings (SSSR count). The van der Waals surface area contributed by atoms with Gasteiger partial charge in [-0.05, 0) is 49.7 Å². The fourth-order valence-corrected chi connectivity index (χ4v) is 4.92. The van der Waals surface area contributed by atoms with Crippen molar-refractivity contribution < 1.29 is 22.7 Å². The molecule has 32 heavy (non-hydrogen) atoms. The number of hydrogen-bond donors (Lipinski definition) is 1. The fraction of sp³-hybridized carbons (Fsp3) is 0.208. The van der Waals surface area contributed by atoms with Crippen molar-refractivity contribution in [1.82, 2.24) is 0 Å². The number of carbonyl (C=O) groups is 1. The Morgan fingerprint density at radius 2 is 1.62 bits per heavy atom. The number of carbonyl (C=O) groups excluding carboxylic acids is 1. The highest BCUT2D eigenvalue weighted by Crippen LogP contribution is 2.33. The van der Waals surface area contributed by atoms with Crippen molar-refractivity contribution in [2.75, 3.05) is 29.4 Å². The van der Waals surface area contributed by atoms with E-state index in [0.717, 1.165) is 15.4 Å². The molecule has 0 atom stereocenters. The number of sulfonamides is 1. The minimum absolute atomic E-state index is 0.124. The third-order valence-corrected chi connectivity index (χ3v) is 6.88. The first-order valence-corrected chi connectivity index (χ1v) is 11.6. The van der Waals surface area contributed by atoms with Crippen molar-refractivity contribution in [1.29, 1.82) is 0 Å². The second-order valence-electron chi connectivity index (χ2n) is 7.52. The lowest BCUT2D eigenvalue weighted by atomic mass is 10.2. The van der Waals surface area contributed by atoms with Crippen LogP contribution in [0.15, 0.2) is 71.6 Å². The number of hydrogen-bond acceptors (Lipinski definition) is 5. The van der Waals surface area contributed by atoms with Gasteiger partial charge in [-0.25, -0.2) is 8.42 Å². The third kappa shape index (κ3) is 4.55. The molecule has 8 heteroatoms. The highest BCUT2D eigenvalue weighted by molar-refractivity contribution is 7.92. The maximum atomic E-state index is 13.5. The molecule has 7 nitrogen and oxygen atoms in total. The number of para-hydroxylation sites is 1. The van der Waals surface area contributed by atoms with Gasteiger partial charge in [0, 0.05) is 11.8 Å². The van der Waals surface area contributed by atoms with Crippen molar-refractivity contribution >= 4 is 27.3 Å². The van der Waals surface area contributed by atoms with Gasteiger partial charge in [0.15, 0.2) is 11.5 Å². The molecule has 0 radical (unpaired) electrons. The van der Waals surface area contributed by atoms with Gasteiger partial charge in [-0.3, -0.25) is 9.10 Å². The Morgan fingerprint density at radius 1 is 0.938 bits per heavy atom. The quantitative estimate of drug-likeness (QED) is 0.613. The minimum Gasteiger partial charge on any atom is -0.486 e. The highest BCUT2D eigenvalue weighted by atomic mass is 32.2. The molecule has 0 aromatic heterocycles. The highest BCUT2D eigenvalue weighted by Gasteiger charge is 2.28. The van der Waals surface area contributed by atoms with Crippen LogP contribution in [-0.4, -0.2) is 34.1 Å². The maximum Gasteiger partial charge on any atom is 0.264 e. The molecule has 0 aliphatic carbocycles. The predicted molar refractivity (Wildman–Crippen MR) is 123 cm³/mol. The monoisotopic (exact) mass is 452 g/mol. The molecule has 0 unspecified atom stereocenters. The van der Waals surface area contributed by atoms with Gasteiger partial charge in [0.05, 0.1) is 10.6 Å². The molecular weight excluding hydrogens is 428 g/mol. The van der Waals surface area contributed by atoms with E-state index in [1.54, 1.807) is 54.6 Å². The van der Waals surface area contributed by atoms with E-state index in [0.29, 0.717) is 36.1 Å². The summed E-state index contributed by atoms with van der Waals surface area (Å²) in [6.07, 6.45) is 0. The standard InChI is InChI=1S/C24H24N2O5S/c1-17-7-10-20(11-8-17)32(28,29)26(21-6-4-3-5-18(21)2)16-24(27)25-19-9-12-22-23(15-19)31-14-13-30-22/h3-12,15H,13-14,16H2,1-2H3,(H,25,27). The number of fused-ring (bicyclic) bond motifs is 1. The fourth-order valence-electron chi connectivity index (χ4n) is 3.43. The lowest BCUT2D eigenvalue weighted by Crippen LogP contribution is -2.38.